The third-order valence-corrected chi connectivity index (χ3v) is 2.04. The van der Waals surface area contributed by atoms with Crippen LogP contribution < -0.4 is 11.5 Å². The molecule has 0 aliphatic rings. The molecule has 0 saturated heterocycles. The van der Waals surface area contributed by atoms with E-state index in [1.54, 1.807) is 10.9 Å². The number of amides is 1. The summed E-state index contributed by atoms with van der Waals surface area (Å²) in [5.41, 5.74) is 11.9. The summed E-state index contributed by atoms with van der Waals surface area (Å²) < 4.78 is 1.72. The lowest BCUT2D eigenvalue weighted by molar-refractivity contribution is -0.118. The summed E-state index contributed by atoms with van der Waals surface area (Å²) in [6, 6.07) is 0. The van der Waals surface area contributed by atoms with Gasteiger partial charge in [-0.25, -0.2) is 15.0 Å². The van der Waals surface area contributed by atoms with Crippen molar-refractivity contribution in [1.29, 1.82) is 0 Å². The van der Waals surface area contributed by atoms with Gasteiger partial charge in [0.1, 0.15) is 11.8 Å². The van der Waals surface area contributed by atoms with E-state index >= 15 is 0 Å². The molecular weight excluding hydrogens is 196 g/mol. The Morgan fingerprint density at radius 1 is 1.40 bits per heavy atom. The molecule has 0 bridgehead atoms. The maximum absolute atomic E-state index is 10.6. The molecule has 2 aromatic rings. The number of nitrogens with zero attached hydrogens (tertiary/aromatic N) is 4. The maximum Gasteiger partial charge on any atom is 0.219 e. The molecule has 15 heavy (non-hydrogen) atoms. The minimum atomic E-state index is -0.368. The van der Waals surface area contributed by atoms with Crippen LogP contribution in [0.4, 0.5) is 5.82 Å². The Balaban J connectivity index is 2.39. The quantitative estimate of drug-likeness (QED) is 0.688. The molecule has 7 heteroatoms. The first-order valence-electron chi connectivity index (χ1n) is 4.38. The molecule has 4 N–H and O–H groups in total. The monoisotopic (exact) mass is 206 g/mol. The third kappa shape index (κ3) is 1.71. The lowest BCUT2D eigenvalue weighted by Gasteiger charge is -2.02. The molecule has 0 aliphatic heterocycles. The van der Waals surface area contributed by atoms with Gasteiger partial charge < -0.3 is 16.0 Å². The molecule has 0 atom stereocenters. The number of rotatable bonds is 3. The minimum absolute atomic E-state index is 0.236. The summed E-state index contributed by atoms with van der Waals surface area (Å²) >= 11 is 0. The molecule has 78 valence electrons. The lowest BCUT2D eigenvalue weighted by atomic mass is 10.4. The predicted molar refractivity (Wildman–Crippen MR) is 53.5 cm³/mol. The minimum Gasteiger partial charge on any atom is -0.382 e. The average molecular weight is 206 g/mol. The second kappa shape index (κ2) is 3.52. The number of hydrogen-bond donors (Lipinski definition) is 2. The molecule has 1 amide bonds. The third-order valence-electron chi connectivity index (χ3n) is 2.04. The molecule has 0 radical (unpaired) electrons. The fraction of sp³-hybridized carbons (Fsp3) is 0.250. The van der Waals surface area contributed by atoms with Crippen molar-refractivity contribution in [2.24, 2.45) is 5.73 Å². The zero-order valence-corrected chi connectivity index (χ0v) is 7.92. The van der Waals surface area contributed by atoms with Gasteiger partial charge in [-0.2, -0.15) is 0 Å². The van der Waals surface area contributed by atoms with Crippen molar-refractivity contribution in [2.75, 3.05) is 5.73 Å². The van der Waals surface area contributed by atoms with E-state index in [0.29, 0.717) is 23.5 Å². The molecule has 0 aliphatic carbocycles. The van der Waals surface area contributed by atoms with Gasteiger partial charge in [0.2, 0.25) is 5.91 Å². The molecule has 0 unspecified atom stereocenters. The Kier molecular flexibility index (Phi) is 2.20. The van der Waals surface area contributed by atoms with Crippen LogP contribution in [0.25, 0.3) is 11.2 Å². The van der Waals surface area contributed by atoms with Crippen molar-refractivity contribution >= 4 is 22.9 Å². The van der Waals surface area contributed by atoms with Crippen LogP contribution in [0.1, 0.15) is 6.42 Å². The van der Waals surface area contributed by atoms with Gasteiger partial charge in [0.05, 0.1) is 6.33 Å². The normalized spacial score (nSPS) is 10.7. The van der Waals surface area contributed by atoms with Gasteiger partial charge in [0, 0.05) is 13.0 Å². The number of primary amides is 1. The summed E-state index contributed by atoms with van der Waals surface area (Å²) in [4.78, 5) is 22.5. The standard InChI is InChI=1S/C8H10N6O/c9-5(15)1-2-14-4-13-8-6(14)7(10)11-3-12-8/h3-4H,1-2H2,(H2,9,15)(H2,10,11,12). The number of carbonyl (C=O) groups excluding carboxylic acids is 1. The van der Waals surface area contributed by atoms with E-state index in [9.17, 15) is 4.79 Å². The highest BCUT2D eigenvalue weighted by atomic mass is 16.1. The highest BCUT2D eigenvalue weighted by Crippen LogP contribution is 2.15. The van der Waals surface area contributed by atoms with Crippen molar-refractivity contribution < 1.29 is 4.79 Å². The number of aromatic nitrogens is 4. The predicted octanol–water partition coefficient (Wildman–Crippen LogP) is -0.716. The average Bonchev–Trinajstić information content (AvgIpc) is 2.59. The van der Waals surface area contributed by atoms with Gasteiger partial charge in [0.25, 0.3) is 0 Å². The summed E-state index contributed by atoms with van der Waals surface area (Å²) in [5, 5.41) is 0. The lowest BCUT2D eigenvalue weighted by Crippen LogP contribution is -2.13. The van der Waals surface area contributed by atoms with E-state index in [1.165, 1.54) is 6.33 Å². The van der Waals surface area contributed by atoms with Gasteiger partial charge in [-0.15, -0.1) is 0 Å². The number of imidazole rings is 1. The van der Waals surface area contributed by atoms with Crippen LogP contribution >= 0.6 is 0 Å². The van der Waals surface area contributed by atoms with Crippen molar-refractivity contribution in [3.8, 4) is 0 Å². The van der Waals surface area contributed by atoms with Crippen LogP contribution in [0.3, 0.4) is 0 Å². The smallest absolute Gasteiger partial charge is 0.219 e. The van der Waals surface area contributed by atoms with Crippen molar-refractivity contribution in [2.45, 2.75) is 13.0 Å². The van der Waals surface area contributed by atoms with Gasteiger partial charge >= 0.3 is 0 Å². The zero-order valence-electron chi connectivity index (χ0n) is 7.92. The molecule has 0 fully saturated rings. The molecule has 2 aromatic heterocycles. The number of nitrogens with two attached hydrogens (primary N) is 2. The van der Waals surface area contributed by atoms with Gasteiger partial charge in [-0.05, 0) is 0 Å². The number of hydrogen-bond acceptors (Lipinski definition) is 5. The molecule has 0 saturated carbocycles. The zero-order chi connectivity index (χ0) is 10.8. The Morgan fingerprint density at radius 2 is 2.20 bits per heavy atom. The van der Waals surface area contributed by atoms with Crippen molar-refractivity contribution in [3.63, 3.8) is 0 Å². The number of aryl methyl sites for hydroxylation is 1. The van der Waals surface area contributed by atoms with E-state index in [2.05, 4.69) is 15.0 Å². The van der Waals surface area contributed by atoms with E-state index in [4.69, 9.17) is 11.5 Å². The second-order valence-corrected chi connectivity index (χ2v) is 3.09. The van der Waals surface area contributed by atoms with Crippen LogP contribution in [0.5, 0.6) is 0 Å². The highest BCUT2D eigenvalue weighted by Gasteiger charge is 2.08. The van der Waals surface area contributed by atoms with Gasteiger partial charge in [-0.3, -0.25) is 4.79 Å². The van der Waals surface area contributed by atoms with Crippen molar-refractivity contribution in [1.82, 2.24) is 19.5 Å². The summed E-state index contributed by atoms with van der Waals surface area (Å²) in [6.07, 6.45) is 3.15. The van der Waals surface area contributed by atoms with Crippen LogP contribution in [-0.4, -0.2) is 25.4 Å². The molecule has 0 spiro atoms. The SMILES string of the molecule is NC(=O)CCn1cnc2ncnc(N)c21. The number of carbonyl (C=O) groups is 1. The summed E-state index contributed by atoms with van der Waals surface area (Å²) in [5.74, 6) is -0.0192. The van der Waals surface area contributed by atoms with Gasteiger partial charge in [-0.1, -0.05) is 0 Å². The maximum atomic E-state index is 10.6. The number of fused-ring (bicyclic) bond motifs is 1. The largest absolute Gasteiger partial charge is 0.382 e. The second-order valence-electron chi connectivity index (χ2n) is 3.09. The van der Waals surface area contributed by atoms with E-state index in [-0.39, 0.29) is 12.3 Å². The number of nitrogen functional groups attached to an aromatic ring is 1. The Morgan fingerprint density at radius 3 is 2.93 bits per heavy atom. The van der Waals surface area contributed by atoms with Gasteiger partial charge in [0.15, 0.2) is 11.5 Å². The fourth-order valence-corrected chi connectivity index (χ4v) is 1.33. The Labute approximate surface area is 85.1 Å². The van der Waals surface area contributed by atoms with Crippen LogP contribution in [0.15, 0.2) is 12.7 Å². The van der Waals surface area contributed by atoms with E-state index in [1.807, 2.05) is 0 Å². The summed E-state index contributed by atoms with van der Waals surface area (Å²) in [7, 11) is 0. The molecular formula is C8H10N6O. The van der Waals surface area contributed by atoms with E-state index < -0.39 is 0 Å². The van der Waals surface area contributed by atoms with Crippen molar-refractivity contribution in [3.05, 3.63) is 12.7 Å². The van der Waals surface area contributed by atoms with Crippen LogP contribution in [0, 0.1) is 0 Å². The fourth-order valence-electron chi connectivity index (χ4n) is 1.33. The van der Waals surface area contributed by atoms with Crippen LogP contribution in [0.2, 0.25) is 0 Å². The Bertz CT molecular complexity index is 505. The molecule has 2 rings (SSSR count). The molecule has 7 nitrogen and oxygen atoms in total. The van der Waals surface area contributed by atoms with E-state index in [0.717, 1.165) is 0 Å². The van der Waals surface area contributed by atoms with Crippen LogP contribution in [-0.2, 0) is 11.3 Å². The molecule has 2 heterocycles. The molecule has 0 aromatic carbocycles. The highest BCUT2D eigenvalue weighted by molar-refractivity contribution is 5.81. The summed E-state index contributed by atoms with van der Waals surface area (Å²) in [6.45, 7) is 0.434. The Hall–Kier alpha value is -2.18. The first-order valence-corrected chi connectivity index (χ1v) is 4.38. The topological polar surface area (TPSA) is 113 Å². The first-order chi connectivity index (χ1) is 7.18. The first kappa shape index (κ1) is 9.38. The number of anilines is 1.